The van der Waals surface area contributed by atoms with Crippen LogP contribution in [-0.2, 0) is 247 Å². The van der Waals surface area contributed by atoms with Crippen LogP contribution in [0.1, 0.15) is 0 Å². The largest absolute Gasteiger partial charge is 4.00 e. The maximum atomic E-state index is 0. The summed E-state index contributed by atoms with van der Waals surface area (Å²) < 4.78 is 0. The van der Waals surface area contributed by atoms with E-state index in [4.69, 9.17) is 0 Å². The second kappa shape index (κ2) is 301. The summed E-state index contributed by atoms with van der Waals surface area (Å²) in [6.07, 6.45) is 0. The van der Waals surface area contributed by atoms with Crippen molar-refractivity contribution in [1.29, 1.82) is 0 Å². The van der Waals surface area contributed by atoms with Crippen LogP contribution < -0.4 is 0 Å². The van der Waals surface area contributed by atoms with Gasteiger partial charge in [0, 0.05) is 182 Å². The Labute approximate surface area is 334 Å². The fraction of sp³-hybridized carbons (Fsp3) is 0. The van der Waals surface area contributed by atoms with Crippen LogP contribution in [0.5, 0.6) is 0 Å². The van der Waals surface area contributed by atoms with Crippen LogP contribution in [0.25, 0.3) is 43.1 Å². The smallest absolute Gasteiger partial charge is 3.00 e. The molecule has 0 N–H and O–H groups in total. The quantitative estimate of drug-likeness (QED) is 0.312. The molecule has 0 amide bonds. The van der Waals surface area contributed by atoms with Gasteiger partial charge in [0.15, 0.2) is 0 Å². The average molecular weight is 800 g/mol. The van der Waals surface area contributed by atoms with E-state index in [0.29, 0.717) is 0 Å². The summed E-state index contributed by atoms with van der Waals surface area (Å²) in [5.74, 6) is 0. The van der Waals surface area contributed by atoms with E-state index in [0.717, 1.165) is 0 Å². The maximum absolute atomic E-state index is 0. The first-order valence-electron chi connectivity index (χ1n) is 0. The molecule has 0 aliphatic heterocycles. The fourth-order valence-corrected chi connectivity index (χ4v) is 0. The Morgan fingerprint density at radius 1 is 0.227 bits per heavy atom. The van der Waals surface area contributed by atoms with Gasteiger partial charge in [0.25, 0.3) is 0 Å². The summed E-state index contributed by atoms with van der Waals surface area (Å²) in [6.45, 7) is 0. The summed E-state index contributed by atoms with van der Waals surface area (Å²) in [5, 5.41) is 0. The van der Waals surface area contributed by atoms with Crippen LogP contribution in [0.15, 0.2) is 0 Å². The molecule has 3 radical (unpaired) electrons. The molecule has 0 aliphatic carbocycles. The van der Waals surface area contributed by atoms with E-state index in [2.05, 4.69) is 0 Å². The third-order valence-electron chi connectivity index (χ3n) is 0. The average Bonchev–Trinajstić information content (AvgIpc) is 0. The van der Waals surface area contributed by atoms with Gasteiger partial charge in [-0.15, -0.1) is 0 Å². The molecule has 0 unspecified atom stereocenters. The van der Waals surface area contributed by atoms with Crippen molar-refractivity contribution in [3.05, 3.63) is 43.1 Å². The molecule has 113 valence electrons. The van der Waals surface area contributed by atoms with E-state index >= 15 is 0 Å². The van der Waals surface area contributed by atoms with Gasteiger partial charge in [-0.05, 0) is 0 Å². The molecule has 0 bridgehead atoms. The van der Waals surface area contributed by atoms with Crippen molar-refractivity contribution in [3.8, 4) is 0 Å². The predicted molar refractivity (Wildman–Crippen MR) is 40.8 cm³/mol. The molecule has 0 aromatic rings. The van der Waals surface area contributed by atoms with Gasteiger partial charge >= 0.3 is 117 Å². The minimum atomic E-state index is 0. The number of hydrogen-bond acceptors (Lipinski definition) is 0. The van der Waals surface area contributed by atoms with Crippen LogP contribution in [0.3, 0.4) is 0 Å². The Balaban J connectivity index is 0. The summed E-state index contributed by atoms with van der Waals surface area (Å²) in [5.41, 5.74) is 0. The molecule has 0 saturated carbocycles. The molecule has 0 saturated heterocycles. The van der Waals surface area contributed by atoms with Gasteiger partial charge in [-0.25, -0.2) is 0 Å². The van der Waals surface area contributed by atoms with Crippen molar-refractivity contribution in [2.75, 3.05) is 0 Å². The van der Waals surface area contributed by atoms with E-state index < -0.39 is 0 Å². The molecule has 0 rings (SSSR count). The van der Waals surface area contributed by atoms with E-state index in [9.17, 15) is 0 Å². The van der Waals surface area contributed by atoms with Gasteiger partial charge in [0.2, 0.25) is 0 Å². The molecule has 0 fully saturated rings. The topological polar surface area (TPSA) is 214 Å². The van der Waals surface area contributed by atoms with Crippen molar-refractivity contribution in [1.82, 2.24) is 0 Å². The Bertz CT molecular complexity index is 40.4. The second-order valence-corrected chi connectivity index (χ2v) is 0. The molecule has 0 heterocycles. The Hall–Kier alpha value is 9.30. The minimum Gasteiger partial charge on any atom is -3.00 e. The summed E-state index contributed by atoms with van der Waals surface area (Å²) >= 11 is 0. The first kappa shape index (κ1) is 332. The molecule has 22 heteroatoms. The van der Waals surface area contributed by atoms with Crippen molar-refractivity contribution in [2.45, 2.75) is 0 Å². The molecule has 22 heavy (non-hydrogen) atoms. The normalized spacial score (nSPS) is 0. The zero-order valence-electron chi connectivity index (χ0n) is 10.3. The Morgan fingerprint density at radius 3 is 0.227 bits per heavy atom. The van der Waals surface area contributed by atoms with Crippen molar-refractivity contribution in [3.63, 3.8) is 0 Å². The van der Waals surface area contributed by atoms with Gasteiger partial charge in [-0.3, -0.25) is 0 Å². The monoisotopic (exact) mass is 799 g/mol. The van der Waals surface area contributed by atoms with Gasteiger partial charge in [-0.2, -0.15) is 0 Å². The SMILES string of the molecule is [Al+3].[Al+3].[Al+3].[Cu].[Cu].[Cu].[N-3].[N-3].[N-3].[N-3].[N-3].[N-3].[N-3].[Ti+4].[Ti+4].[Ti+4].[Ti].[Ti].[Ti].[Ti].[Ti].[Ti]. The maximum Gasteiger partial charge on any atom is 4.00 e. The Kier molecular flexibility index (Phi) is 4540. The third-order valence-corrected chi connectivity index (χ3v) is 0. The van der Waals surface area contributed by atoms with E-state index in [1.165, 1.54) is 0 Å². The van der Waals surface area contributed by atoms with Crippen LogP contribution in [0.2, 0.25) is 0 Å². The Morgan fingerprint density at radius 2 is 0.227 bits per heavy atom. The molecule has 0 aromatic heterocycles. The number of rotatable bonds is 0. The third kappa shape index (κ3) is 271. The van der Waals surface area contributed by atoms with Crippen LogP contribution in [-0.4, -0.2) is 52.1 Å². The standard InChI is InChI=1S/3Al.3Cu.7N.9Ti/q3*+3;;;;7*-3;;;;;;;3*+4. The molecule has 7 nitrogen and oxygen atoms in total. The van der Waals surface area contributed by atoms with E-state index in [1.807, 2.05) is 0 Å². The summed E-state index contributed by atoms with van der Waals surface area (Å²) in [7, 11) is 0. The molecular weight excluding hydrogens is 800 g/mol. The number of hydrogen-bond donors (Lipinski definition) is 0. The molecule has 0 aliphatic rings. The van der Waals surface area contributed by atoms with E-state index in [-0.39, 0.29) is 342 Å². The molecule has 0 aromatic carbocycles. The minimum absolute atomic E-state index is 0. The summed E-state index contributed by atoms with van der Waals surface area (Å²) in [6, 6.07) is 0. The first-order chi connectivity index (χ1) is 0. The second-order valence-electron chi connectivity index (χ2n) is 0. The van der Waals surface area contributed by atoms with Crippen LogP contribution in [0.4, 0.5) is 0 Å². The van der Waals surface area contributed by atoms with Crippen molar-refractivity contribution in [2.24, 2.45) is 0 Å². The summed E-state index contributed by atoms with van der Waals surface area (Å²) in [4.78, 5) is 0. The van der Waals surface area contributed by atoms with Crippen molar-refractivity contribution < 1.29 is 247 Å². The molecule has 0 spiro atoms. The van der Waals surface area contributed by atoms with Gasteiger partial charge in [0.1, 0.15) is 0 Å². The zero-order chi connectivity index (χ0) is 0. The van der Waals surface area contributed by atoms with Gasteiger partial charge < -0.3 is 43.1 Å². The first-order valence-corrected chi connectivity index (χ1v) is 0. The number of nitrogens with zero attached hydrogens (tertiary/aromatic N) is 7. The zero-order valence-corrected chi connectivity index (χ0v) is 30.6. The predicted octanol–water partition coefficient (Wildman–Crippen LogP) is 0.849. The van der Waals surface area contributed by atoms with E-state index in [1.54, 1.807) is 0 Å². The van der Waals surface area contributed by atoms with Crippen LogP contribution >= 0.6 is 0 Å². The van der Waals surface area contributed by atoms with Gasteiger partial charge in [-0.1, -0.05) is 0 Å². The molecule has 0 atom stereocenters. The van der Waals surface area contributed by atoms with Crippen LogP contribution in [0, 0.1) is 0 Å². The molecular formula is Al3Cu3N7Ti9. The van der Waals surface area contributed by atoms with Crippen molar-refractivity contribution >= 4 is 52.1 Å². The fourth-order valence-electron chi connectivity index (χ4n) is 0. The van der Waals surface area contributed by atoms with Gasteiger partial charge in [0.05, 0.1) is 0 Å².